The summed E-state index contributed by atoms with van der Waals surface area (Å²) < 4.78 is 0.611. The van der Waals surface area contributed by atoms with Crippen LogP contribution in [0.5, 0.6) is 0 Å². The summed E-state index contributed by atoms with van der Waals surface area (Å²) in [6.07, 6.45) is 2.52. The van der Waals surface area contributed by atoms with Crippen LogP contribution in [-0.4, -0.2) is 16.9 Å². The minimum Gasteiger partial charge on any atom is -0.322 e. The molecular formula is C11H16BrN3O. The standard InChI is InChI=1S/C11H16BrN3O/c1-3-7(2)9(13)11(16)15-8-5-4-6-14-10(8)12/h4-7,9H,3,13H2,1-2H3,(H,15,16)/t7-,9-/m0/s1. The predicted molar refractivity (Wildman–Crippen MR) is 68.0 cm³/mol. The van der Waals surface area contributed by atoms with Crippen molar-refractivity contribution in [3.63, 3.8) is 0 Å². The molecule has 0 aliphatic heterocycles. The van der Waals surface area contributed by atoms with Crippen molar-refractivity contribution in [2.75, 3.05) is 5.32 Å². The van der Waals surface area contributed by atoms with E-state index in [1.807, 2.05) is 13.8 Å². The smallest absolute Gasteiger partial charge is 0.241 e. The van der Waals surface area contributed by atoms with Gasteiger partial charge in [0.05, 0.1) is 11.7 Å². The van der Waals surface area contributed by atoms with Gasteiger partial charge in [-0.25, -0.2) is 4.98 Å². The van der Waals surface area contributed by atoms with Crippen molar-refractivity contribution < 1.29 is 4.79 Å². The SMILES string of the molecule is CC[C@H](C)[C@H](N)C(=O)Nc1cccnc1Br. The van der Waals surface area contributed by atoms with Crippen molar-refractivity contribution >= 4 is 27.5 Å². The van der Waals surface area contributed by atoms with E-state index >= 15 is 0 Å². The zero-order valence-corrected chi connectivity index (χ0v) is 11.0. The van der Waals surface area contributed by atoms with Crippen LogP contribution < -0.4 is 11.1 Å². The van der Waals surface area contributed by atoms with E-state index in [9.17, 15) is 4.79 Å². The van der Waals surface area contributed by atoms with Gasteiger partial charge in [0.15, 0.2) is 0 Å². The average Bonchev–Trinajstić information content (AvgIpc) is 2.30. The van der Waals surface area contributed by atoms with Crippen LogP contribution in [0.2, 0.25) is 0 Å². The molecule has 0 aliphatic rings. The lowest BCUT2D eigenvalue weighted by Gasteiger charge is -2.17. The quantitative estimate of drug-likeness (QED) is 0.833. The molecule has 88 valence electrons. The molecule has 0 radical (unpaired) electrons. The van der Waals surface area contributed by atoms with Crippen molar-refractivity contribution in [1.82, 2.24) is 4.98 Å². The number of nitrogens with one attached hydrogen (secondary N) is 1. The Hall–Kier alpha value is -0.940. The first kappa shape index (κ1) is 13.1. The average molecular weight is 286 g/mol. The molecule has 5 heteroatoms. The molecule has 0 bridgehead atoms. The third-order valence-electron chi connectivity index (χ3n) is 2.58. The molecule has 1 rings (SSSR count). The van der Waals surface area contributed by atoms with Crippen LogP contribution >= 0.6 is 15.9 Å². The van der Waals surface area contributed by atoms with Crippen LogP contribution in [0.15, 0.2) is 22.9 Å². The third kappa shape index (κ3) is 3.28. The van der Waals surface area contributed by atoms with Gasteiger partial charge in [0.2, 0.25) is 5.91 Å². The van der Waals surface area contributed by atoms with Crippen LogP contribution in [0.3, 0.4) is 0 Å². The number of nitrogens with two attached hydrogens (primary N) is 1. The maximum atomic E-state index is 11.8. The molecule has 0 spiro atoms. The number of carbonyl (C=O) groups is 1. The summed E-state index contributed by atoms with van der Waals surface area (Å²) in [5, 5.41) is 2.75. The van der Waals surface area contributed by atoms with Crippen molar-refractivity contribution in [2.24, 2.45) is 11.7 Å². The van der Waals surface area contributed by atoms with Gasteiger partial charge in [-0.3, -0.25) is 4.79 Å². The predicted octanol–water partition coefficient (Wildman–Crippen LogP) is 2.16. The van der Waals surface area contributed by atoms with Crippen molar-refractivity contribution in [3.8, 4) is 0 Å². The monoisotopic (exact) mass is 285 g/mol. The lowest BCUT2D eigenvalue weighted by atomic mass is 9.99. The van der Waals surface area contributed by atoms with Gasteiger partial charge >= 0.3 is 0 Å². The summed E-state index contributed by atoms with van der Waals surface area (Å²) in [7, 11) is 0. The molecule has 0 aliphatic carbocycles. The van der Waals surface area contributed by atoms with E-state index in [1.165, 1.54) is 0 Å². The summed E-state index contributed by atoms with van der Waals surface area (Å²) >= 11 is 3.26. The molecule has 3 N–H and O–H groups in total. The Morgan fingerprint density at radius 1 is 1.69 bits per heavy atom. The number of pyridine rings is 1. The number of hydrogen-bond acceptors (Lipinski definition) is 3. The lowest BCUT2D eigenvalue weighted by Crippen LogP contribution is -2.40. The summed E-state index contributed by atoms with van der Waals surface area (Å²) in [6.45, 7) is 3.97. The first-order valence-corrected chi connectivity index (χ1v) is 6.02. The number of anilines is 1. The maximum absolute atomic E-state index is 11.8. The van der Waals surface area contributed by atoms with E-state index in [-0.39, 0.29) is 11.8 Å². The number of nitrogens with zero attached hydrogens (tertiary/aromatic N) is 1. The molecule has 16 heavy (non-hydrogen) atoms. The normalized spacial score (nSPS) is 14.2. The molecule has 1 aromatic rings. The number of amides is 1. The number of rotatable bonds is 4. The van der Waals surface area contributed by atoms with Crippen LogP contribution in [0, 0.1) is 5.92 Å². The maximum Gasteiger partial charge on any atom is 0.241 e. The molecule has 0 fully saturated rings. The highest BCUT2D eigenvalue weighted by Crippen LogP contribution is 2.19. The Morgan fingerprint density at radius 2 is 2.38 bits per heavy atom. The largest absolute Gasteiger partial charge is 0.322 e. The Balaban J connectivity index is 2.68. The lowest BCUT2D eigenvalue weighted by molar-refractivity contribution is -0.118. The number of carbonyl (C=O) groups excluding carboxylic acids is 1. The van der Waals surface area contributed by atoms with Gasteiger partial charge in [-0.1, -0.05) is 20.3 Å². The van der Waals surface area contributed by atoms with Gasteiger partial charge in [-0.05, 0) is 34.0 Å². The zero-order valence-electron chi connectivity index (χ0n) is 9.40. The van der Waals surface area contributed by atoms with Crippen molar-refractivity contribution in [1.29, 1.82) is 0 Å². The van der Waals surface area contributed by atoms with Gasteiger partial charge in [-0.15, -0.1) is 0 Å². The molecule has 2 atom stereocenters. The second-order valence-electron chi connectivity index (χ2n) is 3.74. The highest BCUT2D eigenvalue weighted by atomic mass is 79.9. The van der Waals surface area contributed by atoms with Gasteiger partial charge in [0.25, 0.3) is 0 Å². The minimum absolute atomic E-state index is 0.162. The fourth-order valence-electron chi connectivity index (χ4n) is 1.21. The van der Waals surface area contributed by atoms with Crippen LogP contribution in [0.25, 0.3) is 0 Å². The summed E-state index contributed by atoms with van der Waals surface area (Å²) in [6, 6.07) is 3.05. The van der Waals surface area contributed by atoms with Crippen LogP contribution in [0.1, 0.15) is 20.3 Å². The van der Waals surface area contributed by atoms with Crippen LogP contribution in [-0.2, 0) is 4.79 Å². The number of aromatic nitrogens is 1. The Labute approximate surface area is 104 Å². The molecule has 0 unspecified atom stereocenters. The molecule has 0 aromatic carbocycles. The summed E-state index contributed by atoms with van der Waals surface area (Å²) in [5.41, 5.74) is 6.47. The van der Waals surface area contributed by atoms with E-state index in [0.717, 1.165) is 6.42 Å². The number of halogens is 1. The first-order chi connectivity index (χ1) is 7.56. The van der Waals surface area contributed by atoms with Crippen molar-refractivity contribution in [2.45, 2.75) is 26.3 Å². The van der Waals surface area contributed by atoms with Gasteiger partial charge in [-0.2, -0.15) is 0 Å². The Kier molecular flexibility index (Phi) is 4.89. The number of hydrogen-bond donors (Lipinski definition) is 2. The molecule has 1 aromatic heterocycles. The van der Waals surface area contributed by atoms with Gasteiger partial charge < -0.3 is 11.1 Å². The topological polar surface area (TPSA) is 68.0 Å². The van der Waals surface area contributed by atoms with E-state index < -0.39 is 6.04 Å². The van der Waals surface area contributed by atoms with E-state index in [1.54, 1.807) is 18.3 Å². The van der Waals surface area contributed by atoms with E-state index in [2.05, 4.69) is 26.2 Å². The summed E-state index contributed by atoms with van der Waals surface area (Å²) in [5.74, 6) is -0.0153. The second kappa shape index (κ2) is 5.96. The van der Waals surface area contributed by atoms with Gasteiger partial charge in [0.1, 0.15) is 4.60 Å². The summed E-state index contributed by atoms with van der Waals surface area (Å²) in [4.78, 5) is 15.8. The molecule has 1 amide bonds. The first-order valence-electron chi connectivity index (χ1n) is 5.23. The highest BCUT2D eigenvalue weighted by molar-refractivity contribution is 9.10. The Morgan fingerprint density at radius 3 is 2.94 bits per heavy atom. The van der Waals surface area contributed by atoms with Crippen molar-refractivity contribution in [3.05, 3.63) is 22.9 Å². The Bertz CT molecular complexity index is 370. The van der Waals surface area contributed by atoms with Crippen LogP contribution in [0.4, 0.5) is 5.69 Å². The van der Waals surface area contributed by atoms with E-state index in [4.69, 9.17) is 5.73 Å². The third-order valence-corrected chi connectivity index (χ3v) is 3.21. The molecule has 0 saturated carbocycles. The minimum atomic E-state index is -0.489. The molecule has 4 nitrogen and oxygen atoms in total. The molecular weight excluding hydrogens is 270 g/mol. The highest BCUT2D eigenvalue weighted by Gasteiger charge is 2.19. The molecule has 0 saturated heterocycles. The molecule has 1 heterocycles. The second-order valence-corrected chi connectivity index (χ2v) is 4.49. The zero-order chi connectivity index (χ0) is 12.1. The van der Waals surface area contributed by atoms with E-state index in [0.29, 0.717) is 10.3 Å². The van der Waals surface area contributed by atoms with Gasteiger partial charge in [0, 0.05) is 6.20 Å². The fraction of sp³-hybridized carbons (Fsp3) is 0.455. The fourth-order valence-corrected chi connectivity index (χ4v) is 1.56.